The molecule has 1 atom stereocenters. The molecule has 1 aromatic heterocycles. The van der Waals surface area contributed by atoms with Crippen LogP contribution in [0.25, 0.3) is 22.0 Å². The van der Waals surface area contributed by atoms with Gasteiger partial charge < -0.3 is 4.90 Å². The van der Waals surface area contributed by atoms with Crippen LogP contribution in [0.3, 0.4) is 0 Å². The summed E-state index contributed by atoms with van der Waals surface area (Å²) in [6, 6.07) is 11.4. The Kier molecular flexibility index (Phi) is 6.47. The van der Waals surface area contributed by atoms with E-state index in [0.29, 0.717) is 35.0 Å². The van der Waals surface area contributed by atoms with Gasteiger partial charge in [0.2, 0.25) is 0 Å². The second kappa shape index (κ2) is 9.14. The number of rotatable bonds is 5. The zero-order valence-corrected chi connectivity index (χ0v) is 19.9. The van der Waals surface area contributed by atoms with Crippen molar-refractivity contribution in [2.24, 2.45) is 5.92 Å². The van der Waals surface area contributed by atoms with Crippen LogP contribution in [0.15, 0.2) is 41.2 Å². The first-order chi connectivity index (χ1) is 15.2. The summed E-state index contributed by atoms with van der Waals surface area (Å²) in [6.07, 6.45) is 2.30. The highest BCUT2D eigenvalue weighted by atomic mass is 19.1. The number of benzene rings is 2. The van der Waals surface area contributed by atoms with E-state index in [0.717, 1.165) is 36.5 Å². The molecular weight excluding hydrogens is 401 g/mol. The third-order valence-corrected chi connectivity index (χ3v) is 6.73. The molecule has 1 aliphatic rings. The Morgan fingerprint density at radius 1 is 1.09 bits per heavy atom. The summed E-state index contributed by atoms with van der Waals surface area (Å²) < 4.78 is 16.0. The maximum absolute atomic E-state index is 14.1. The number of nitrogens with zero attached hydrogens (tertiary/aromatic N) is 3. The first kappa shape index (κ1) is 22.7. The van der Waals surface area contributed by atoms with E-state index in [1.54, 1.807) is 13.0 Å². The largest absolute Gasteiger partial charge is 0.301 e. The first-order valence-electron chi connectivity index (χ1n) is 11.8. The number of halogens is 1. The van der Waals surface area contributed by atoms with E-state index < -0.39 is 0 Å². The minimum Gasteiger partial charge on any atom is -0.301 e. The summed E-state index contributed by atoms with van der Waals surface area (Å²) in [7, 11) is 0. The predicted molar refractivity (Wildman–Crippen MR) is 130 cm³/mol. The van der Waals surface area contributed by atoms with Crippen molar-refractivity contribution >= 4 is 10.9 Å². The number of piperidine rings is 1. The molecule has 5 heteroatoms. The average Bonchev–Trinajstić information content (AvgIpc) is 2.77. The van der Waals surface area contributed by atoms with Crippen molar-refractivity contribution in [3.63, 3.8) is 0 Å². The maximum atomic E-state index is 14.1. The van der Waals surface area contributed by atoms with E-state index >= 15 is 0 Å². The van der Waals surface area contributed by atoms with Crippen LogP contribution in [0, 0.1) is 18.7 Å². The van der Waals surface area contributed by atoms with E-state index in [1.165, 1.54) is 12.5 Å². The highest BCUT2D eigenvalue weighted by Gasteiger charge is 2.24. The number of fused-ring (bicyclic) bond motifs is 1. The number of hydrogen-bond acceptors (Lipinski definition) is 3. The van der Waals surface area contributed by atoms with E-state index in [9.17, 15) is 9.18 Å². The van der Waals surface area contributed by atoms with Gasteiger partial charge in [0, 0.05) is 25.0 Å². The van der Waals surface area contributed by atoms with Crippen molar-refractivity contribution in [2.45, 2.75) is 66.0 Å². The molecule has 0 unspecified atom stereocenters. The number of likely N-dealkylation sites (tertiary alicyclic amines) is 1. The molecule has 2 heterocycles. The van der Waals surface area contributed by atoms with E-state index in [2.05, 4.69) is 32.6 Å². The van der Waals surface area contributed by atoms with Gasteiger partial charge in [-0.3, -0.25) is 9.36 Å². The molecule has 0 N–H and O–H groups in total. The topological polar surface area (TPSA) is 38.1 Å². The Bertz CT molecular complexity index is 1180. The minimum absolute atomic E-state index is 0.00908. The van der Waals surface area contributed by atoms with Crippen LogP contribution in [0.5, 0.6) is 0 Å². The van der Waals surface area contributed by atoms with Gasteiger partial charge in [-0.05, 0) is 81.0 Å². The fourth-order valence-corrected chi connectivity index (χ4v) is 4.78. The standard InChI is InChI=1S/C27H34FN3O/c1-17(2)26-29-25-11-10-21(22-9-8-19(5)24(28)14-22)13-23(25)27(32)31(26)16-20-7-6-12-30(15-20)18(3)4/h8-11,13-14,17-18,20H,6-7,12,15-16H2,1-5H3/t20-/m0/s1. The first-order valence-corrected chi connectivity index (χ1v) is 11.8. The third-order valence-electron chi connectivity index (χ3n) is 6.73. The Morgan fingerprint density at radius 3 is 2.50 bits per heavy atom. The molecule has 1 aliphatic heterocycles. The van der Waals surface area contributed by atoms with Crippen LogP contribution in [-0.4, -0.2) is 33.6 Å². The second-order valence-corrected chi connectivity index (χ2v) is 9.83. The molecule has 0 bridgehead atoms. The minimum atomic E-state index is -0.236. The van der Waals surface area contributed by atoms with Gasteiger partial charge >= 0.3 is 0 Å². The molecule has 1 fully saturated rings. The molecule has 32 heavy (non-hydrogen) atoms. The summed E-state index contributed by atoms with van der Waals surface area (Å²) in [5.74, 6) is 1.20. The fourth-order valence-electron chi connectivity index (χ4n) is 4.78. The van der Waals surface area contributed by atoms with Crippen LogP contribution < -0.4 is 5.56 Å². The van der Waals surface area contributed by atoms with Crippen molar-refractivity contribution in [3.05, 3.63) is 64.0 Å². The van der Waals surface area contributed by atoms with Crippen LogP contribution in [0.1, 0.15) is 57.8 Å². The molecule has 4 rings (SSSR count). The van der Waals surface area contributed by atoms with Gasteiger partial charge in [0.05, 0.1) is 10.9 Å². The van der Waals surface area contributed by atoms with Crippen molar-refractivity contribution < 1.29 is 4.39 Å². The van der Waals surface area contributed by atoms with Crippen LogP contribution in [0.4, 0.5) is 4.39 Å². The Balaban J connectivity index is 1.77. The SMILES string of the molecule is Cc1ccc(-c2ccc3nc(C(C)C)n(C[C@H]4CCCN(C(C)C)C4)c(=O)c3c2)cc1F. The van der Waals surface area contributed by atoms with Gasteiger partial charge in [0.25, 0.3) is 5.56 Å². The van der Waals surface area contributed by atoms with Gasteiger partial charge in [-0.25, -0.2) is 9.37 Å². The molecule has 0 aliphatic carbocycles. The average molecular weight is 436 g/mol. The molecule has 4 nitrogen and oxygen atoms in total. The lowest BCUT2D eigenvalue weighted by Gasteiger charge is -2.36. The van der Waals surface area contributed by atoms with Crippen LogP contribution >= 0.6 is 0 Å². The van der Waals surface area contributed by atoms with Crippen molar-refractivity contribution in [1.29, 1.82) is 0 Å². The highest BCUT2D eigenvalue weighted by Crippen LogP contribution is 2.26. The zero-order valence-electron chi connectivity index (χ0n) is 19.9. The Labute approximate surface area is 190 Å². The molecule has 0 saturated carbocycles. The lowest BCUT2D eigenvalue weighted by molar-refractivity contribution is 0.129. The smallest absolute Gasteiger partial charge is 0.261 e. The van der Waals surface area contributed by atoms with E-state index in [4.69, 9.17) is 4.98 Å². The normalized spacial score (nSPS) is 17.6. The maximum Gasteiger partial charge on any atom is 0.261 e. The van der Waals surface area contributed by atoms with Crippen LogP contribution in [0.2, 0.25) is 0 Å². The zero-order chi connectivity index (χ0) is 23.0. The van der Waals surface area contributed by atoms with Gasteiger partial charge in [0.1, 0.15) is 11.6 Å². The fraction of sp³-hybridized carbons (Fsp3) is 0.481. The number of hydrogen-bond donors (Lipinski definition) is 0. The second-order valence-electron chi connectivity index (χ2n) is 9.83. The van der Waals surface area contributed by atoms with Crippen LogP contribution in [-0.2, 0) is 6.54 Å². The molecule has 0 radical (unpaired) electrons. The number of aryl methyl sites for hydroxylation is 1. The number of aromatic nitrogens is 2. The van der Waals surface area contributed by atoms with Crippen molar-refractivity contribution in [2.75, 3.05) is 13.1 Å². The van der Waals surface area contributed by atoms with Gasteiger partial charge in [-0.2, -0.15) is 0 Å². The summed E-state index contributed by atoms with van der Waals surface area (Å²) >= 11 is 0. The summed E-state index contributed by atoms with van der Waals surface area (Å²) in [6.45, 7) is 13.3. The molecular formula is C27H34FN3O. The summed E-state index contributed by atoms with van der Waals surface area (Å²) in [5, 5.41) is 0.601. The third kappa shape index (κ3) is 4.49. The lowest BCUT2D eigenvalue weighted by atomic mass is 9.96. The monoisotopic (exact) mass is 435 g/mol. The summed E-state index contributed by atoms with van der Waals surface area (Å²) in [5.41, 5.74) is 2.94. The quantitative estimate of drug-likeness (QED) is 0.512. The Morgan fingerprint density at radius 2 is 1.81 bits per heavy atom. The molecule has 1 saturated heterocycles. The molecule has 0 amide bonds. The molecule has 3 aromatic rings. The van der Waals surface area contributed by atoms with Gasteiger partial charge in [0.15, 0.2) is 0 Å². The van der Waals surface area contributed by atoms with Gasteiger partial charge in [-0.1, -0.05) is 32.0 Å². The molecule has 2 aromatic carbocycles. The van der Waals surface area contributed by atoms with Crippen molar-refractivity contribution in [1.82, 2.24) is 14.5 Å². The Hall–Kier alpha value is -2.53. The van der Waals surface area contributed by atoms with Gasteiger partial charge in [-0.15, -0.1) is 0 Å². The van der Waals surface area contributed by atoms with E-state index in [1.807, 2.05) is 28.8 Å². The van der Waals surface area contributed by atoms with E-state index in [-0.39, 0.29) is 17.3 Å². The van der Waals surface area contributed by atoms with Crippen molar-refractivity contribution in [3.8, 4) is 11.1 Å². The lowest BCUT2D eigenvalue weighted by Crippen LogP contribution is -2.42. The highest BCUT2D eigenvalue weighted by molar-refractivity contribution is 5.84. The predicted octanol–water partition coefficient (Wildman–Crippen LogP) is 5.75. The molecule has 0 spiro atoms. The summed E-state index contributed by atoms with van der Waals surface area (Å²) in [4.78, 5) is 21.1. The molecule has 170 valence electrons.